The second-order valence-electron chi connectivity index (χ2n) is 33.7. The summed E-state index contributed by atoms with van der Waals surface area (Å²) < 4.78 is 108. The van der Waals surface area contributed by atoms with Gasteiger partial charge in [0.05, 0.1) is 173 Å². The van der Waals surface area contributed by atoms with Gasteiger partial charge in [-0.3, -0.25) is 50.0 Å². The number of nitro groups is 4. The molecule has 12 aromatic rings. The van der Waals surface area contributed by atoms with Crippen molar-refractivity contribution >= 4 is 116 Å². The summed E-state index contributed by atoms with van der Waals surface area (Å²) in [6.45, 7) is 26.8. The van der Waals surface area contributed by atoms with Gasteiger partial charge in [0.25, 0.3) is 34.6 Å². The zero-order chi connectivity index (χ0) is 103. The van der Waals surface area contributed by atoms with Gasteiger partial charge in [-0.1, -0.05) is 126 Å². The molecule has 0 aliphatic carbocycles. The Hall–Kier alpha value is -13.9. The smallest absolute Gasteiger partial charge is 0.273 e. The molecule has 3 N–H and O–H groups in total. The number of aromatic nitrogens is 4. The molecule has 10 aromatic carbocycles. The summed E-state index contributed by atoms with van der Waals surface area (Å²) >= 11 is 18.9. The number of nitrogens with zero attached hydrogens (tertiary/aromatic N) is 10. The van der Waals surface area contributed by atoms with E-state index in [4.69, 9.17) is 65.1 Å². The van der Waals surface area contributed by atoms with Crippen molar-refractivity contribution in [1.82, 2.24) is 29.7 Å². The average molecular weight is 2220 g/mol. The van der Waals surface area contributed by atoms with Gasteiger partial charge in [-0.15, -0.1) is 0 Å². The van der Waals surface area contributed by atoms with E-state index in [0.29, 0.717) is 96.1 Å². The van der Waals surface area contributed by atoms with Crippen LogP contribution in [-0.4, -0.2) is 134 Å². The number of methoxy groups -OCH3 is 5. The number of nitrogen functional groups attached to an aromatic ring is 1. The van der Waals surface area contributed by atoms with E-state index in [1.54, 1.807) is 74.8 Å². The number of phenolic OH excluding ortho intramolecular Hbond substituents is 1. The molecule has 17 rings (SSSR count). The second kappa shape index (κ2) is 48.8. The minimum absolute atomic E-state index is 0. The number of carbonyl (C=O) groups excluding carboxylic acids is 2. The first-order valence-electron chi connectivity index (χ1n) is 42.3. The van der Waals surface area contributed by atoms with Crippen LogP contribution in [0.5, 0.6) is 57.5 Å². The summed E-state index contributed by atoms with van der Waals surface area (Å²) in [4.78, 5) is 86.7. The summed E-state index contributed by atoms with van der Waals surface area (Å²) in [5.74, 6) is 1.48. The fourth-order valence-electron chi connectivity index (χ4n) is 14.3. The highest BCUT2D eigenvalue weighted by Crippen LogP contribution is 2.45. The van der Waals surface area contributed by atoms with Crippen LogP contribution in [0.1, 0.15) is 134 Å². The Morgan fingerprint density at radius 1 is 0.482 bits per heavy atom. The molecule has 5 aliphatic heterocycles. The Labute approximate surface area is 849 Å². The van der Waals surface area contributed by atoms with Crippen molar-refractivity contribution in [2.24, 2.45) is 0 Å². The molecule has 0 fully saturated rings. The summed E-state index contributed by atoms with van der Waals surface area (Å²) in [7, 11) is 7.66. The van der Waals surface area contributed by atoms with Gasteiger partial charge in [0.1, 0.15) is 98.1 Å². The fourth-order valence-corrected chi connectivity index (χ4v) is 15.6. The number of alkyl halides is 1. The number of halogens is 9. The number of allylic oxidation sites excluding steroid dienone is 1. The van der Waals surface area contributed by atoms with Crippen molar-refractivity contribution in [1.29, 1.82) is 0 Å². The van der Waals surface area contributed by atoms with Gasteiger partial charge in [0, 0.05) is 104 Å². The number of nitro benzene ring substituents is 4. The minimum atomic E-state index is -0.810. The molecule has 0 saturated carbocycles. The van der Waals surface area contributed by atoms with Gasteiger partial charge < -0.3 is 63.3 Å². The number of anilines is 1. The number of fused-ring (bicyclic) bond motifs is 5. The SMILES string of the molecule is C.C=C(C)CBr.C=C(C)COc1cc([N+](=O)[O-])ccc1Br.CC1(C)COc2cc(N)ccc21.CC1(C)COc2cc([N+](=O)[O-])ccc21.COc1cc([N+](=O)[O-])ccc1Br.COc1ccc(CN2Cc3nc(-c4c(F)cccc4F)nc(Cc4ccc5c(c4)OCC5(C)C)c3C2=O)c(OC)c1.COc1ccc(CN2Cc3nc(-c4c(F)cccc4F)nc(Cl)c3C2=O)c(OC)c1.O=[N+]([O-])c1ccc(Br)c(O)c1. The maximum absolute atomic E-state index is 14.8. The summed E-state index contributed by atoms with van der Waals surface area (Å²) in [6, 6.07) is 46.9. The Bertz CT molecular complexity index is 6690. The van der Waals surface area contributed by atoms with Crippen molar-refractivity contribution in [3.05, 3.63) is 350 Å². The number of benzene rings is 10. The lowest BCUT2D eigenvalue weighted by atomic mass is 9.86. The van der Waals surface area contributed by atoms with E-state index in [2.05, 4.69) is 144 Å². The predicted octanol–water partition coefficient (Wildman–Crippen LogP) is 24.6. The zero-order valence-electron chi connectivity index (χ0n) is 78.0. The lowest BCUT2D eigenvalue weighted by Crippen LogP contribution is -2.24. The van der Waals surface area contributed by atoms with Crippen molar-refractivity contribution < 1.29 is 94.6 Å². The molecule has 0 spiro atoms. The fraction of sp³-hybridized carbons (Fsp3) is 0.267. The number of non-ortho nitro benzene ring substituents is 4. The number of nitrogens with two attached hydrogens (primary N) is 1. The lowest BCUT2D eigenvalue weighted by molar-refractivity contribution is -0.385. The Morgan fingerprint density at radius 3 is 1.30 bits per heavy atom. The average Bonchev–Trinajstić information content (AvgIpc) is 1.63. The lowest BCUT2D eigenvalue weighted by Gasteiger charge is -2.18. The van der Waals surface area contributed by atoms with E-state index < -0.39 is 43.0 Å². The van der Waals surface area contributed by atoms with Crippen LogP contribution in [0.15, 0.2) is 220 Å². The monoisotopic (exact) mass is 2210 g/mol. The molecule has 40 heteroatoms. The number of carbonyl (C=O) groups is 2. The first-order chi connectivity index (χ1) is 66.2. The number of hydrogen-bond donors (Lipinski definition) is 2. The van der Waals surface area contributed by atoms with Gasteiger partial charge in [0.2, 0.25) is 0 Å². The van der Waals surface area contributed by atoms with Crippen LogP contribution in [-0.2, 0) is 48.8 Å². The van der Waals surface area contributed by atoms with Crippen LogP contribution in [0, 0.1) is 63.7 Å². The molecule has 0 unspecified atom stereocenters. The maximum atomic E-state index is 14.8. The van der Waals surface area contributed by atoms with Gasteiger partial charge in [-0.2, -0.15) is 0 Å². The van der Waals surface area contributed by atoms with Gasteiger partial charge in [0.15, 0.2) is 11.6 Å². The molecule has 2 aromatic heterocycles. The molecular weight excluding hydrogens is 2120 g/mol. The third-order valence-corrected chi connectivity index (χ3v) is 24.8. The molecule has 0 saturated heterocycles. The Kier molecular flexibility index (Phi) is 38.3. The third kappa shape index (κ3) is 28.1. The first kappa shape index (κ1) is 111. The molecule has 5 aliphatic rings. The normalized spacial score (nSPS) is 13.2. The van der Waals surface area contributed by atoms with Crippen LogP contribution in [0.4, 0.5) is 46.0 Å². The zero-order valence-corrected chi connectivity index (χ0v) is 85.1. The molecular formula is C101H100Br4ClF4N11O20. The highest BCUT2D eigenvalue weighted by atomic mass is 79.9. The van der Waals surface area contributed by atoms with E-state index in [9.17, 15) is 67.6 Å². The summed E-state index contributed by atoms with van der Waals surface area (Å²) in [6.07, 6.45) is 0.260. The number of aromatic hydroxyl groups is 1. The standard InChI is InChI=1S/C32H29F2N3O4.C21H16ClF2N3O3.C10H10BrNO3.C10H11NO3.C10H13NO.C7H6BrNO3.C6H4BrNO3.C4H7Br.CH4/c1-32(2)17-41-27-13-18(8-11-21(27)32)12-24-29-25(36-30(35-24)28-22(33)6-5-7-23(28)34)16-37(31(29)38)15-19-9-10-20(39-3)14-26(19)40-4;1-29-12-7-6-11(16(8-12)30-2)9-27-10-15-18(21(27)28)19(22)26-20(25-15)17-13(23)4-3-5-14(17)24;1-7(2)6-15-10-5-8(12(13)14)3-4-9(10)11;1-10(2)6-14-9-5-7(11(12)13)3-4-8(9)10;1-10(2)6-12-9-5-7(11)3-4-8(9)10;1-12-7-4-5(9(10)11)2-3-6(7)8;7-5-2-1-4(8(10)11)3-6(5)9;1-4(2)3-5;/h5-11,13-14H,12,15-17H2,1-4H3;3-8H,9-10H2,1-2H3;3-5H,1,6H2,2H3;3-5H,6H2,1-2H3;3-5H,6,11H2,1-2H3;2-4H,1H3;1-3,9H;1,3H2,2H3;1H4. The summed E-state index contributed by atoms with van der Waals surface area (Å²) in [5, 5.41) is 51.3. The quantitative estimate of drug-likeness (QED) is 0.0128. The van der Waals surface area contributed by atoms with Crippen LogP contribution in [0.25, 0.3) is 22.8 Å². The van der Waals surface area contributed by atoms with E-state index >= 15 is 0 Å². The Balaban J connectivity index is 0.000000194. The number of phenols is 1. The number of amides is 2. The molecule has 31 nitrogen and oxygen atoms in total. The predicted molar refractivity (Wildman–Crippen MR) is 541 cm³/mol. The third-order valence-electron chi connectivity index (χ3n) is 21.6. The molecule has 7 heterocycles. The molecule has 141 heavy (non-hydrogen) atoms. The van der Waals surface area contributed by atoms with Crippen LogP contribution in [0.2, 0.25) is 5.15 Å². The van der Waals surface area contributed by atoms with Crippen molar-refractivity contribution in [3.63, 3.8) is 0 Å². The Morgan fingerprint density at radius 2 is 0.865 bits per heavy atom. The van der Waals surface area contributed by atoms with E-state index in [1.807, 2.05) is 50.2 Å². The maximum Gasteiger partial charge on any atom is 0.273 e. The molecule has 0 atom stereocenters. The van der Waals surface area contributed by atoms with Crippen molar-refractivity contribution in [2.45, 2.75) is 112 Å². The highest BCUT2D eigenvalue weighted by Gasteiger charge is 2.39. The summed E-state index contributed by atoms with van der Waals surface area (Å²) in [5.41, 5.74) is 15.2. The van der Waals surface area contributed by atoms with Crippen LogP contribution >= 0.6 is 75.3 Å². The van der Waals surface area contributed by atoms with Gasteiger partial charge in [-0.05, 0) is 158 Å². The molecule has 742 valence electrons. The van der Waals surface area contributed by atoms with Crippen LogP contribution < -0.4 is 48.4 Å². The largest absolute Gasteiger partial charge is 0.507 e. The van der Waals surface area contributed by atoms with E-state index in [0.717, 1.165) is 80.7 Å². The molecule has 0 radical (unpaired) electrons. The topological polar surface area (TPSA) is 394 Å². The molecule has 0 bridgehead atoms. The van der Waals surface area contributed by atoms with Gasteiger partial charge >= 0.3 is 0 Å². The minimum Gasteiger partial charge on any atom is -0.507 e. The van der Waals surface area contributed by atoms with Crippen LogP contribution in [0.3, 0.4) is 0 Å². The number of hydrogen-bond acceptors (Lipinski definition) is 25. The van der Waals surface area contributed by atoms with Gasteiger partial charge in [-0.25, -0.2) is 37.5 Å². The number of ether oxygens (including phenoxy) is 9. The second-order valence-corrected chi connectivity index (χ2v) is 37.2. The molecule has 2 amide bonds. The van der Waals surface area contributed by atoms with E-state index in [-0.39, 0.29) is 130 Å². The number of rotatable bonds is 21. The highest BCUT2D eigenvalue weighted by molar-refractivity contribution is 9.11. The first-order valence-corrected chi connectivity index (χ1v) is 46.2. The van der Waals surface area contributed by atoms with Crippen molar-refractivity contribution in [2.75, 3.05) is 73.0 Å². The van der Waals surface area contributed by atoms with E-state index in [1.165, 1.54) is 103 Å². The van der Waals surface area contributed by atoms with Crippen molar-refractivity contribution in [3.8, 4) is 80.3 Å².